The molecule has 0 spiro atoms. The minimum Gasteiger partial charge on any atom is -0.347 e. The van der Waals surface area contributed by atoms with E-state index in [-0.39, 0.29) is 61.5 Å². The minimum absolute atomic E-state index is 0. The van der Waals surface area contributed by atoms with Crippen molar-refractivity contribution in [2.45, 2.75) is 26.4 Å². The summed E-state index contributed by atoms with van der Waals surface area (Å²) in [5, 5.41) is 5.09. The van der Waals surface area contributed by atoms with Crippen LogP contribution in [-0.4, -0.2) is 34.4 Å². The van der Waals surface area contributed by atoms with E-state index in [9.17, 15) is 14.0 Å². The van der Waals surface area contributed by atoms with Crippen LogP contribution in [0.4, 0.5) is 4.39 Å². The number of carbonyl (C=O) groups is 2. The van der Waals surface area contributed by atoms with Gasteiger partial charge in [-0.05, 0) is 24.1 Å². The average molecular weight is 394 g/mol. The molecule has 140 valence electrons. The molecule has 0 aliphatic carbocycles. The van der Waals surface area contributed by atoms with Crippen molar-refractivity contribution in [2.24, 2.45) is 11.7 Å². The normalized spacial score (nSPS) is 11.4. The number of carbonyl (C=O) groups excluding carboxylic acids is 2. The second-order valence-corrected chi connectivity index (χ2v) is 5.61. The van der Waals surface area contributed by atoms with Crippen LogP contribution in [0.1, 0.15) is 19.7 Å². The molecule has 0 saturated carbocycles. The molecular weight excluding hydrogens is 372 g/mol. The lowest BCUT2D eigenvalue weighted by atomic mass is 10.1. The molecule has 0 aliphatic heterocycles. The summed E-state index contributed by atoms with van der Waals surface area (Å²) in [5.74, 6) is -0.589. The fraction of sp³-hybridized carbons (Fsp3) is 0.400. The van der Waals surface area contributed by atoms with Gasteiger partial charge in [-0.3, -0.25) is 9.59 Å². The Kier molecular flexibility index (Phi) is 9.40. The Morgan fingerprint density at radius 3 is 2.60 bits per heavy atom. The van der Waals surface area contributed by atoms with Crippen LogP contribution >= 0.6 is 24.8 Å². The Morgan fingerprint density at radius 2 is 1.96 bits per heavy atom. The van der Waals surface area contributed by atoms with Gasteiger partial charge >= 0.3 is 0 Å². The van der Waals surface area contributed by atoms with E-state index < -0.39 is 6.04 Å². The molecule has 0 bridgehead atoms. The molecule has 1 heterocycles. The fourth-order valence-electron chi connectivity index (χ4n) is 1.95. The molecule has 25 heavy (non-hydrogen) atoms. The van der Waals surface area contributed by atoms with Crippen LogP contribution < -0.4 is 16.4 Å². The van der Waals surface area contributed by atoms with E-state index in [0.717, 1.165) is 0 Å². The summed E-state index contributed by atoms with van der Waals surface area (Å²) < 4.78 is 13.1. The van der Waals surface area contributed by atoms with Gasteiger partial charge in [0.05, 0.1) is 30.2 Å². The summed E-state index contributed by atoms with van der Waals surface area (Å²) in [7, 11) is 0. The molecule has 2 amide bonds. The summed E-state index contributed by atoms with van der Waals surface area (Å²) in [6, 6.07) is 3.56. The quantitative estimate of drug-likeness (QED) is 0.591. The van der Waals surface area contributed by atoms with Crippen molar-refractivity contribution < 1.29 is 14.0 Å². The van der Waals surface area contributed by atoms with Gasteiger partial charge in [0.25, 0.3) is 0 Å². The SMILES string of the molecule is CC(C)[C@H](N)C(=O)NCC(=O)NCc1nc2ccc(F)cc2[nH]1.Cl.Cl. The Balaban J connectivity index is 0.00000288. The maximum absolute atomic E-state index is 13.1. The lowest BCUT2D eigenvalue weighted by Gasteiger charge is -2.14. The second-order valence-electron chi connectivity index (χ2n) is 5.61. The van der Waals surface area contributed by atoms with Gasteiger partial charge < -0.3 is 21.4 Å². The van der Waals surface area contributed by atoms with Gasteiger partial charge in [0, 0.05) is 0 Å². The van der Waals surface area contributed by atoms with Crippen molar-refractivity contribution >= 4 is 47.7 Å². The van der Waals surface area contributed by atoms with E-state index in [1.165, 1.54) is 12.1 Å². The second kappa shape index (κ2) is 10.2. The molecule has 1 aromatic carbocycles. The Hall–Kier alpha value is -1.90. The number of aromatic amines is 1. The average Bonchev–Trinajstić information content (AvgIpc) is 2.91. The molecule has 0 aliphatic rings. The third kappa shape index (κ3) is 6.49. The Labute approximate surface area is 157 Å². The number of nitrogens with two attached hydrogens (primary N) is 1. The van der Waals surface area contributed by atoms with E-state index in [1.54, 1.807) is 6.07 Å². The van der Waals surface area contributed by atoms with Crippen molar-refractivity contribution in [3.8, 4) is 0 Å². The highest BCUT2D eigenvalue weighted by atomic mass is 35.5. The molecule has 2 rings (SSSR count). The molecule has 0 fully saturated rings. The summed E-state index contributed by atoms with van der Waals surface area (Å²) in [4.78, 5) is 30.5. The number of hydrogen-bond acceptors (Lipinski definition) is 4. The highest BCUT2D eigenvalue weighted by molar-refractivity contribution is 5.87. The van der Waals surface area contributed by atoms with Crippen molar-refractivity contribution in [1.82, 2.24) is 20.6 Å². The summed E-state index contributed by atoms with van der Waals surface area (Å²) >= 11 is 0. The van der Waals surface area contributed by atoms with Gasteiger partial charge in [0.1, 0.15) is 11.6 Å². The van der Waals surface area contributed by atoms with Crippen LogP contribution in [0.25, 0.3) is 11.0 Å². The fourth-order valence-corrected chi connectivity index (χ4v) is 1.95. The van der Waals surface area contributed by atoms with Crippen LogP contribution in [-0.2, 0) is 16.1 Å². The molecular formula is C15H22Cl2FN5O2. The van der Waals surface area contributed by atoms with Crippen LogP contribution in [0.15, 0.2) is 18.2 Å². The number of halogens is 3. The number of benzene rings is 1. The van der Waals surface area contributed by atoms with Crippen molar-refractivity contribution in [3.63, 3.8) is 0 Å². The van der Waals surface area contributed by atoms with Crippen LogP contribution in [0.5, 0.6) is 0 Å². The number of H-pyrrole nitrogens is 1. The predicted octanol–water partition coefficient (Wildman–Crippen LogP) is 1.26. The highest BCUT2D eigenvalue weighted by Gasteiger charge is 2.17. The van der Waals surface area contributed by atoms with E-state index in [4.69, 9.17) is 5.73 Å². The van der Waals surface area contributed by atoms with E-state index in [1.807, 2.05) is 13.8 Å². The zero-order valence-corrected chi connectivity index (χ0v) is 15.5. The summed E-state index contributed by atoms with van der Waals surface area (Å²) in [6.45, 7) is 3.65. The number of imidazole rings is 1. The maximum Gasteiger partial charge on any atom is 0.239 e. The first-order valence-corrected chi connectivity index (χ1v) is 7.31. The molecule has 0 radical (unpaired) electrons. The van der Waals surface area contributed by atoms with Crippen molar-refractivity contribution in [1.29, 1.82) is 0 Å². The van der Waals surface area contributed by atoms with Gasteiger partial charge in [0.2, 0.25) is 11.8 Å². The molecule has 0 unspecified atom stereocenters. The molecule has 5 N–H and O–H groups in total. The smallest absolute Gasteiger partial charge is 0.239 e. The lowest BCUT2D eigenvalue weighted by Crippen LogP contribution is -2.47. The molecule has 0 saturated heterocycles. The Bertz CT molecular complexity index is 723. The van der Waals surface area contributed by atoms with Gasteiger partial charge in [0.15, 0.2) is 0 Å². The van der Waals surface area contributed by atoms with Gasteiger partial charge in [-0.1, -0.05) is 13.8 Å². The van der Waals surface area contributed by atoms with Crippen LogP contribution in [0, 0.1) is 11.7 Å². The number of hydrogen-bond donors (Lipinski definition) is 4. The molecule has 10 heteroatoms. The van der Waals surface area contributed by atoms with Crippen LogP contribution in [0.2, 0.25) is 0 Å². The number of nitrogens with one attached hydrogen (secondary N) is 3. The first-order valence-electron chi connectivity index (χ1n) is 7.31. The van der Waals surface area contributed by atoms with E-state index >= 15 is 0 Å². The zero-order chi connectivity index (χ0) is 17.0. The molecule has 2 aromatic rings. The zero-order valence-electron chi connectivity index (χ0n) is 13.8. The van der Waals surface area contributed by atoms with Gasteiger partial charge in [-0.2, -0.15) is 0 Å². The number of nitrogens with zero attached hydrogens (tertiary/aromatic N) is 1. The predicted molar refractivity (Wildman–Crippen MR) is 98.2 cm³/mol. The van der Waals surface area contributed by atoms with E-state index in [2.05, 4.69) is 20.6 Å². The number of aromatic nitrogens is 2. The summed E-state index contributed by atoms with van der Waals surface area (Å²) in [6.07, 6.45) is 0. The maximum atomic E-state index is 13.1. The highest BCUT2D eigenvalue weighted by Crippen LogP contribution is 2.12. The van der Waals surface area contributed by atoms with Crippen molar-refractivity contribution in [2.75, 3.05) is 6.54 Å². The van der Waals surface area contributed by atoms with Gasteiger partial charge in [-0.25, -0.2) is 9.37 Å². The standard InChI is InChI=1S/C15H20FN5O2.2ClH/c1-8(2)14(17)15(23)19-7-13(22)18-6-12-20-10-4-3-9(16)5-11(10)21-12;;/h3-5,8,14H,6-7,17H2,1-2H3,(H,18,22)(H,19,23)(H,20,21);2*1H/t14-;;/m0../s1. The van der Waals surface area contributed by atoms with E-state index in [0.29, 0.717) is 16.9 Å². The molecule has 7 nitrogen and oxygen atoms in total. The Morgan fingerprint density at radius 1 is 1.28 bits per heavy atom. The largest absolute Gasteiger partial charge is 0.347 e. The number of rotatable bonds is 6. The first kappa shape index (κ1) is 23.1. The molecule has 1 atom stereocenters. The van der Waals surface area contributed by atoms with Gasteiger partial charge in [-0.15, -0.1) is 24.8 Å². The van der Waals surface area contributed by atoms with Crippen LogP contribution in [0.3, 0.4) is 0 Å². The lowest BCUT2D eigenvalue weighted by molar-refractivity contribution is -0.127. The minimum atomic E-state index is -0.645. The molecule has 1 aromatic heterocycles. The number of amides is 2. The topological polar surface area (TPSA) is 113 Å². The van der Waals surface area contributed by atoms with Crippen molar-refractivity contribution in [3.05, 3.63) is 29.8 Å². The number of fused-ring (bicyclic) bond motifs is 1. The third-order valence-corrected chi connectivity index (χ3v) is 3.39. The first-order chi connectivity index (χ1) is 10.9. The monoisotopic (exact) mass is 393 g/mol. The third-order valence-electron chi connectivity index (χ3n) is 3.39. The summed E-state index contributed by atoms with van der Waals surface area (Å²) in [5.41, 5.74) is 6.86.